The lowest BCUT2D eigenvalue weighted by atomic mass is 9.92. The number of carbonyl (C=O) groups excluding carboxylic acids is 4. The summed E-state index contributed by atoms with van der Waals surface area (Å²) in [5.74, 6) is -1.46. The Hall–Kier alpha value is -2.54. The molecule has 0 atom stereocenters. The Kier molecular flexibility index (Phi) is 8.31. The monoisotopic (exact) mass is 377 g/mol. The second kappa shape index (κ2) is 9.97. The first kappa shape index (κ1) is 22.5. The van der Waals surface area contributed by atoms with Gasteiger partial charge >= 0.3 is 5.97 Å². The zero-order chi connectivity index (χ0) is 20.6. The van der Waals surface area contributed by atoms with Crippen molar-refractivity contribution in [2.75, 3.05) is 19.7 Å². The van der Waals surface area contributed by atoms with Crippen molar-refractivity contribution < 1.29 is 29.0 Å². The van der Waals surface area contributed by atoms with Gasteiger partial charge in [-0.3, -0.25) is 14.4 Å². The van der Waals surface area contributed by atoms with E-state index in [-0.39, 0.29) is 35.9 Å². The Morgan fingerprint density at radius 2 is 1.37 bits per heavy atom. The zero-order valence-corrected chi connectivity index (χ0v) is 16.3. The van der Waals surface area contributed by atoms with Crippen molar-refractivity contribution in [2.45, 2.75) is 46.1 Å². The highest BCUT2D eigenvalue weighted by atomic mass is 16.5. The molecule has 1 rings (SSSR count). The van der Waals surface area contributed by atoms with E-state index in [1.54, 1.807) is 4.90 Å². The molecule has 0 aliphatic heterocycles. The van der Waals surface area contributed by atoms with E-state index in [1.807, 2.05) is 13.8 Å². The summed E-state index contributed by atoms with van der Waals surface area (Å²) in [5, 5.41) is 10.4. The predicted octanol–water partition coefficient (Wildman–Crippen LogP) is 2.01. The molecular formula is C20H27NO6. The van der Waals surface area contributed by atoms with Crippen molar-refractivity contribution in [1.29, 1.82) is 0 Å². The Labute approximate surface area is 159 Å². The minimum Gasteiger partial charge on any atom is -0.459 e. The van der Waals surface area contributed by atoms with Crippen molar-refractivity contribution in [2.24, 2.45) is 0 Å². The van der Waals surface area contributed by atoms with Gasteiger partial charge in [-0.15, -0.1) is 0 Å². The van der Waals surface area contributed by atoms with Crippen LogP contribution in [0.25, 0.3) is 0 Å². The first-order valence-corrected chi connectivity index (χ1v) is 8.89. The number of aliphatic hydroxyl groups is 1. The maximum absolute atomic E-state index is 12.3. The molecule has 0 saturated carbocycles. The molecule has 0 aliphatic rings. The van der Waals surface area contributed by atoms with Gasteiger partial charge in [0.25, 0.3) is 5.91 Å². The van der Waals surface area contributed by atoms with E-state index in [0.717, 1.165) is 0 Å². The maximum Gasteiger partial charge on any atom is 0.338 e. The molecule has 0 saturated heterocycles. The molecule has 0 aromatic heterocycles. The van der Waals surface area contributed by atoms with Crippen LogP contribution < -0.4 is 0 Å². The van der Waals surface area contributed by atoms with Crippen molar-refractivity contribution in [3.63, 3.8) is 0 Å². The second-order valence-corrected chi connectivity index (χ2v) is 6.61. The molecule has 1 aromatic rings. The summed E-state index contributed by atoms with van der Waals surface area (Å²) in [7, 11) is 0. The molecule has 7 heteroatoms. The van der Waals surface area contributed by atoms with Crippen LogP contribution in [0.1, 0.15) is 61.3 Å². The number of benzene rings is 1. The summed E-state index contributed by atoms with van der Waals surface area (Å²) in [4.78, 5) is 48.7. The van der Waals surface area contributed by atoms with Gasteiger partial charge in [-0.05, 0) is 52.0 Å². The summed E-state index contributed by atoms with van der Waals surface area (Å²) in [5.41, 5.74) is -1.05. The molecular weight excluding hydrogens is 350 g/mol. The lowest BCUT2D eigenvalue weighted by Gasteiger charge is -2.25. The summed E-state index contributed by atoms with van der Waals surface area (Å²) < 4.78 is 5.10. The zero-order valence-electron chi connectivity index (χ0n) is 16.3. The number of carbonyl (C=O) groups is 4. The highest BCUT2D eigenvalue weighted by Crippen LogP contribution is 2.18. The van der Waals surface area contributed by atoms with Crippen molar-refractivity contribution in [1.82, 2.24) is 4.90 Å². The number of esters is 1. The van der Waals surface area contributed by atoms with Crippen LogP contribution in [-0.2, 0) is 14.3 Å². The van der Waals surface area contributed by atoms with Gasteiger partial charge in [-0.2, -0.15) is 0 Å². The van der Waals surface area contributed by atoms with Gasteiger partial charge in [0.1, 0.15) is 23.8 Å². The van der Waals surface area contributed by atoms with Crippen LogP contribution in [0.4, 0.5) is 0 Å². The summed E-state index contributed by atoms with van der Waals surface area (Å²) in [6.07, 6.45) is -0.561. The van der Waals surface area contributed by atoms with Crippen LogP contribution in [0, 0.1) is 0 Å². The number of Topliss-reactive ketones (excluding diaryl/α,β-unsaturated/α-hetero) is 2. The van der Waals surface area contributed by atoms with E-state index < -0.39 is 18.2 Å². The highest BCUT2D eigenvalue weighted by Gasteiger charge is 2.32. The van der Waals surface area contributed by atoms with Crippen LogP contribution in [-0.4, -0.2) is 58.7 Å². The van der Waals surface area contributed by atoms with Gasteiger partial charge in [0, 0.05) is 31.5 Å². The normalized spacial score (nSPS) is 11.0. The summed E-state index contributed by atoms with van der Waals surface area (Å²) >= 11 is 0. The van der Waals surface area contributed by atoms with E-state index in [0.29, 0.717) is 18.7 Å². The van der Waals surface area contributed by atoms with Gasteiger partial charge in [-0.25, -0.2) is 4.79 Å². The molecule has 1 N–H and O–H groups in total. The van der Waals surface area contributed by atoms with Gasteiger partial charge in [0.05, 0.1) is 5.56 Å². The molecule has 0 radical (unpaired) electrons. The van der Waals surface area contributed by atoms with E-state index >= 15 is 0 Å². The topological polar surface area (TPSA) is 101 Å². The SMILES string of the molecule is CCN(CC)C(=O)c1ccc(C(=O)OCC(O)(CC(C)=O)CC(C)=O)cc1. The van der Waals surface area contributed by atoms with E-state index in [2.05, 4.69) is 0 Å². The van der Waals surface area contributed by atoms with Crippen molar-refractivity contribution in [3.8, 4) is 0 Å². The second-order valence-electron chi connectivity index (χ2n) is 6.61. The fourth-order valence-corrected chi connectivity index (χ4v) is 2.82. The van der Waals surface area contributed by atoms with E-state index in [1.165, 1.54) is 38.1 Å². The lowest BCUT2D eigenvalue weighted by molar-refractivity contribution is -0.130. The van der Waals surface area contributed by atoms with Crippen molar-refractivity contribution in [3.05, 3.63) is 35.4 Å². The predicted molar refractivity (Wildman–Crippen MR) is 99.5 cm³/mol. The number of hydrogen-bond donors (Lipinski definition) is 1. The fraction of sp³-hybridized carbons (Fsp3) is 0.500. The molecule has 148 valence electrons. The number of nitrogens with zero attached hydrogens (tertiary/aromatic N) is 1. The highest BCUT2D eigenvalue weighted by molar-refractivity contribution is 5.96. The minimum atomic E-state index is -1.72. The van der Waals surface area contributed by atoms with Crippen LogP contribution in [0.5, 0.6) is 0 Å². The maximum atomic E-state index is 12.3. The third-order valence-electron chi connectivity index (χ3n) is 4.05. The number of rotatable bonds is 10. The van der Waals surface area contributed by atoms with Crippen LogP contribution >= 0.6 is 0 Å². The standard InChI is InChI=1S/C20H27NO6/c1-5-21(6-2)18(24)16-7-9-17(10-8-16)19(25)27-13-20(26,11-14(3)22)12-15(4)23/h7-10,26H,5-6,11-13H2,1-4H3. The van der Waals surface area contributed by atoms with E-state index in [4.69, 9.17) is 4.74 Å². The molecule has 7 nitrogen and oxygen atoms in total. The Balaban J connectivity index is 2.80. The van der Waals surface area contributed by atoms with Gasteiger partial charge < -0.3 is 14.7 Å². The third-order valence-corrected chi connectivity index (χ3v) is 4.05. The third kappa shape index (κ3) is 6.94. The quantitative estimate of drug-likeness (QED) is 0.626. The Morgan fingerprint density at radius 1 is 0.926 bits per heavy atom. The molecule has 0 bridgehead atoms. The van der Waals surface area contributed by atoms with Crippen LogP contribution in [0.15, 0.2) is 24.3 Å². The van der Waals surface area contributed by atoms with Gasteiger partial charge in [0.2, 0.25) is 0 Å². The molecule has 0 spiro atoms. The summed E-state index contributed by atoms with van der Waals surface area (Å²) in [6.45, 7) is 7.06. The molecule has 1 amide bonds. The smallest absolute Gasteiger partial charge is 0.338 e. The number of ketones is 2. The average molecular weight is 377 g/mol. The van der Waals surface area contributed by atoms with Gasteiger partial charge in [-0.1, -0.05) is 0 Å². The largest absolute Gasteiger partial charge is 0.459 e. The molecule has 0 fully saturated rings. The van der Waals surface area contributed by atoms with E-state index in [9.17, 15) is 24.3 Å². The van der Waals surface area contributed by atoms with Crippen LogP contribution in [0.2, 0.25) is 0 Å². The first-order chi connectivity index (χ1) is 12.6. The Morgan fingerprint density at radius 3 is 1.78 bits per heavy atom. The average Bonchev–Trinajstić information content (AvgIpc) is 2.59. The molecule has 1 aromatic carbocycles. The minimum absolute atomic E-state index is 0.128. The number of ether oxygens (including phenoxy) is 1. The van der Waals surface area contributed by atoms with Crippen molar-refractivity contribution >= 4 is 23.4 Å². The first-order valence-electron chi connectivity index (χ1n) is 8.89. The Bertz CT molecular complexity index is 675. The fourth-order valence-electron chi connectivity index (χ4n) is 2.82. The number of amides is 1. The molecule has 0 heterocycles. The molecule has 27 heavy (non-hydrogen) atoms. The molecule has 0 aliphatic carbocycles. The number of hydrogen-bond acceptors (Lipinski definition) is 6. The lowest BCUT2D eigenvalue weighted by Crippen LogP contribution is -2.39. The van der Waals surface area contributed by atoms with Gasteiger partial charge in [0.15, 0.2) is 0 Å². The summed E-state index contributed by atoms with van der Waals surface area (Å²) in [6, 6.07) is 6.01. The molecule has 0 unspecified atom stereocenters. The van der Waals surface area contributed by atoms with Crippen LogP contribution in [0.3, 0.4) is 0 Å².